The normalized spacial score (nSPS) is 18.8. The lowest BCUT2D eigenvalue weighted by Crippen LogP contribution is -2.50. The summed E-state index contributed by atoms with van der Waals surface area (Å²) < 4.78 is 0. The molecule has 0 spiro atoms. The van der Waals surface area contributed by atoms with Gasteiger partial charge in [-0.3, -0.25) is 9.69 Å². The molecule has 1 aliphatic rings. The lowest BCUT2D eigenvalue weighted by Gasteiger charge is -2.35. The number of nitrogens with zero attached hydrogens (tertiary/aromatic N) is 3. The van der Waals surface area contributed by atoms with Crippen LogP contribution in [0.15, 0.2) is 5.16 Å². The molecule has 0 aromatic carbocycles. The van der Waals surface area contributed by atoms with Crippen LogP contribution in [0.3, 0.4) is 0 Å². The van der Waals surface area contributed by atoms with Crippen molar-refractivity contribution < 1.29 is 10.0 Å². The first-order valence-corrected chi connectivity index (χ1v) is 5.99. The Balaban J connectivity index is 2.34. The van der Waals surface area contributed by atoms with Crippen LogP contribution in [0.5, 0.6) is 0 Å². The number of carbonyl (C=O) groups is 1. The van der Waals surface area contributed by atoms with E-state index in [1.54, 1.807) is 4.90 Å². The number of piperazine rings is 1. The summed E-state index contributed by atoms with van der Waals surface area (Å²) in [6, 6.07) is 0. The van der Waals surface area contributed by atoms with Gasteiger partial charge in [-0.25, -0.2) is 0 Å². The summed E-state index contributed by atoms with van der Waals surface area (Å²) >= 11 is 0. The van der Waals surface area contributed by atoms with Crippen LogP contribution in [0.2, 0.25) is 0 Å². The molecule has 0 saturated carbocycles. The SMILES string of the molecule is CC(C)CN1CCN(C(=O)CC(N)=NO)CC1. The fourth-order valence-corrected chi connectivity index (χ4v) is 2.00. The standard InChI is InChI=1S/C11H22N4O2/c1-9(2)8-14-3-5-15(6-4-14)11(16)7-10(12)13-17/h9,17H,3-8H2,1-2H3,(H2,12,13). The molecule has 1 amide bonds. The summed E-state index contributed by atoms with van der Waals surface area (Å²) in [6.45, 7) is 8.71. The molecule has 6 nitrogen and oxygen atoms in total. The van der Waals surface area contributed by atoms with Gasteiger partial charge in [0, 0.05) is 32.7 Å². The third-order valence-corrected chi connectivity index (χ3v) is 2.81. The monoisotopic (exact) mass is 242 g/mol. The van der Waals surface area contributed by atoms with Crippen molar-refractivity contribution in [2.75, 3.05) is 32.7 Å². The molecule has 0 unspecified atom stereocenters. The van der Waals surface area contributed by atoms with Crippen molar-refractivity contribution in [3.05, 3.63) is 0 Å². The minimum Gasteiger partial charge on any atom is -0.409 e. The zero-order chi connectivity index (χ0) is 12.8. The van der Waals surface area contributed by atoms with E-state index in [1.807, 2.05) is 0 Å². The van der Waals surface area contributed by atoms with Gasteiger partial charge >= 0.3 is 0 Å². The van der Waals surface area contributed by atoms with Crippen LogP contribution in [-0.4, -0.2) is 59.5 Å². The average Bonchev–Trinajstić information content (AvgIpc) is 2.28. The highest BCUT2D eigenvalue weighted by Crippen LogP contribution is 2.06. The molecule has 6 heteroatoms. The maximum atomic E-state index is 11.7. The summed E-state index contributed by atoms with van der Waals surface area (Å²) in [5.74, 6) is 0.554. The highest BCUT2D eigenvalue weighted by atomic mass is 16.4. The van der Waals surface area contributed by atoms with Crippen LogP contribution in [0.1, 0.15) is 20.3 Å². The van der Waals surface area contributed by atoms with Crippen LogP contribution in [0.25, 0.3) is 0 Å². The van der Waals surface area contributed by atoms with Crippen molar-refractivity contribution in [3.8, 4) is 0 Å². The molecule has 0 atom stereocenters. The number of nitrogens with two attached hydrogens (primary N) is 1. The molecule has 1 saturated heterocycles. The van der Waals surface area contributed by atoms with Gasteiger partial charge in [-0.1, -0.05) is 19.0 Å². The molecule has 1 fully saturated rings. The van der Waals surface area contributed by atoms with Gasteiger partial charge in [0.15, 0.2) is 0 Å². The predicted octanol–water partition coefficient (Wildman–Crippen LogP) is -0.0769. The lowest BCUT2D eigenvalue weighted by molar-refractivity contribution is -0.131. The average molecular weight is 242 g/mol. The Kier molecular flexibility index (Phi) is 5.21. The van der Waals surface area contributed by atoms with Gasteiger partial charge in [0.1, 0.15) is 5.84 Å². The van der Waals surface area contributed by atoms with Crippen LogP contribution in [0, 0.1) is 5.92 Å². The lowest BCUT2D eigenvalue weighted by atomic mass is 10.2. The summed E-state index contributed by atoms with van der Waals surface area (Å²) in [6.07, 6.45) is 0.000675. The number of carbonyl (C=O) groups excluding carboxylic acids is 1. The second-order valence-electron chi connectivity index (χ2n) is 4.84. The molecule has 1 heterocycles. The van der Waals surface area contributed by atoms with E-state index in [9.17, 15) is 4.79 Å². The molecule has 98 valence electrons. The van der Waals surface area contributed by atoms with Crippen molar-refractivity contribution >= 4 is 11.7 Å². The minimum absolute atomic E-state index is 0.000675. The molecule has 0 aromatic rings. The molecule has 0 aliphatic carbocycles. The van der Waals surface area contributed by atoms with E-state index in [4.69, 9.17) is 10.9 Å². The number of rotatable bonds is 4. The highest BCUT2D eigenvalue weighted by Gasteiger charge is 2.21. The number of amides is 1. The van der Waals surface area contributed by atoms with Gasteiger partial charge in [-0.2, -0.15) is 0 Å². The summed E-state index contributed by atoms with van der Waals surface area (Å²) in [5.41, 5.74) is 5.32. The van der Waals surface area contributed by atoms with Gasteiger partial charge in [0.25, 0.3) is 0 Å². The Morgan fingerprint density at radius 3 is 2.41 bits per heavy atom. The minimum atomic E-state index is -0.0653. The molecule has 1 aliphatic heterocycles. The maximum absolute atomic E-state index is 11.7. The molecule has 0 bridgehead atoms. The molecular formula is C11H22N4O2. The summed E-state index contributed by atoms with van der Waals surface area (Å²) in [7, 11) is 0. The zero-order valence-corrected chi connectivity index (χ0v) is 10.6. The Morgan fingerprint density at radius 1 is 1.35 bits per heavy atom. The quantitative estimate of drug-likeness (QED) is 0.313. The molecule has 0 radical (unpaired) electrons. The molecule has 3 N–H and O–H groups in total. The fraction of sp³-hybridized carbons (Fsp3) is 0.818. The van der Waals surface area contributed by atoms with E-state index in [2.05, 4.69) is 23.9 Å². The van der Waals surface area contributed by atoms with E-state index in [1.165, 1.54) is 0 Å². The number of amidine groups is 1. The van der Waals surface area contributed by atoms with Crippen molar-refractivity contribution in [2.24, 2.45) is 16.8 Å². The molecule has 0 aromatic heterocycles. The second-order valence-corrected chi connectivity index (χ2v) is 4.84. The zero-order valence-electron chi connectivity index (χ0n) is 10.6. The van der Waals surface area contributed by atoms with E-state index in [-0.39, 0.29) is 18.2 Å². The van der Waals surface area contributed by atoms with E-state index in [0.717, 1.165) is 32.7 Å². The molecular weight excluding hydrogens is 220 g/mol. The smallest absolute Gasteiger partial charge is 0.230 e. The van der Waals surface area contributed by atoms with E-state index < -0.39 is 0 Å². The Labute approximate surface area is 102 Å². The van der Waals surface area contributed by atoms with Crippen molar-refractivity contribution in [1.29, 1.82) is 0 Å². The first-order valence-electron chi connectivity index (χ1n) is 5.99. The van der Waals surface area contributed by atoms with Gasteiger partial charge in [0.05, 0.1) is 6.42 Å². The topological polar surface area (TPSA) is 82.2 Å². The van der Waals surface area contributed by atoms with Crippen LogP contribution >= 0.6 is 0 Å². The number of hydrogen-bond donors (Lipinski definition) is 2. The first kappa shape index (κ1) is 13.8. The van der Waals surface area contributed by atoms with Crippen molar-refractivity contribution in [3.63, 3.8) is 0 Å². The molecule has 1 rings (SSSR count). The first-order chi connectivity index (χ1) is 8.02. The van der Waals surface area contributed by atoms with Crippen molar-refractivity contribution in [1.82, 2.24) is 9.80 Å². The van der Waals surface area contributed by atoms with Gasteiger partial charge in [0.2, 0.25) is 5.91 Å². The maximum Gasteiger partial charge on any atom is 0.230 e. The number of hydrogen-bond acceptors (Lipinski definition) is 4. The Hall–Kier alpha value is -1.30. The van der Waals surface area contributed by atoms with E-state index >= 15 is 0 Å². The third-order valence-electron chi connectivity index (χ3n) is 2.81. The summed E-state index contributed by atoms with van der Waals surface area (Å²) in [4.78, 5) is 15.9. The van der Waals surface area contributed by atoms with Crippen LogP contribution < -0.4 is 5.73 Å². The van der Waals surface area contributed by atoms with Gasteiger partial charge in [-0.05, 0) is 5.92 Å². The summed E-state index contributed by atoms with van der Waals surface area (Å²) in [5, 5.41) is 11.2. The predicted molar refractivity (Wildman–Crippen MR) is 65.9 cm³/mol. The second kappa shape index (κ2) is 6.44. The van der Waals surface area contributed by atoms with Crippen LogP contribution in [0.4, 0.5) is 0 Å². The van der Waals surface area contributed by atoms with Gasteiger partial charge in [-0.15, -0.1) is 0 Å². The van der Waals surface area contributed by atoms with Crippen molar-refractivity contribution in [2.45, 2.75) is 20.3 Å². The fourth-order valence-electron chi connectivity index (χ4n) is 2.00. The van der Waals surface area contributed by atoms with E-state index in [0.29, 0.717) is 5.92 Å². The Bertz CT molecular complexity index is 283. The third kappa shape index (κ3) is 4.60. The number of oxime groups is 1. The molecule has 17 heavy (non-hydrogen) atoms. The Morgan fingerprint density at radius 2 is 1.94 bits per heavy atom. The highest BCUT2D eigenvalue weighted by molar-refractivity contribution is 5.98. The van der Waals surface area contributed by atoms with Gasteiger partial charge < -0.3 is 15.8 Å². The largest absolute Gasteiger partial charge is 0.409 e. The van der Waals surface area contributed by atoms with Crippen LogP contribution in [-0.2, 0) is 4.79 Å².